The van der Waals surface area contributed by atoms with Gasteiger partial charge in [-0.25, -0.2) is 13.8 Å². The quantitative estimate of drug-likeness (QED) is 0.434. The van der Waals surface area contributed by atoms with E-state index in [1.807, 2.05) is 51.2 Å². The van der Waals surface area contributed by atoms with Gasteiger partial charge in [0.05, 0.1) is 30.0 Å². The van der Waals surface area contributed by atoms with Crippen molar-refractivity contribution < 1.29 is 22.7 Å². The Morgan fingerprint density at radius 3 is 2.67 bits per heavy atom. The number of anilines is 1. The summed E-state index contributed by atoms with van der Waals surface area (Å²) in [5, 5.41) is 10.5. The van der Waals surface area contributed by atoms with Crippen LogP contribution in [0.2, 0.25) is 0 Å². The predicted molar refractivity (Wildman–Crippen MR) is 155 cm³/mol. The molecule has 10 heteroatoms. The molecule has 0 bridgehead atoms. The molecule has 1 fully saturated rings. The lowest BCUT2D eigenvalue weighted by Crippen LogP contribution is -2.59. The number of aryl methyl sites for hydroxylation is 2. The van der Waals surface area contributed by atoms with E-state index in [1.165, 1.54) is 12.1 Å². The van der Waals surface area contributed by atoms with E-state index < -0.39 is 23.1 Å². The third-order valence-corrected chi connectivity index (χ3v) is 8.17. The molecule has 2 aliphatic rings. The number of hydrogen-bond acceptors (Lipinski definition) is 6. The number of rotatable bonds is 7. The van der Waals surface area contributed by atoms with E-state index in [-0.39, 0.29) is 23.3 Å². The minimum Gasteiger partial charge on any atom is -0.465 e. The number of nitrogens with zero attached hydrogens (tertiary/aromatic N) is 3. The van der Waals surface area contributed by atoms with E-state index in [4.69, 9.17) is 14.3 Å². The van der Waals surface area contributed by atoms with Crippen molar-refractivity contribution in [3.63, 3.8) is 0 Å². The van der Waals surface area contributed by atoms with Gasteiger partial charge in [-0.1, -0.05) is 18.6 Å². The fourth-order valence-corrected chi connectivity index (χ4v) is 5.97. The van der Waals surface area contributed by atoms with E-state index in [2.05, 4.69) is 19.5 Å². The van der Waals surface area contributed by atoms with Crippen molar-refractivity contribution in [3.05, 3.63) is 82.8 Å². The summed E-state index contributed by atoms with van der Waals surface area (Å²) in [6.45, 7) is 8.16. The maximum Gasteiger partial charge on any atom is 0.249 e. The lowest BCUT2D eigenvalue weighted by molar-refractivity contribution is -0.127. The third-order valence-electron chi connectivity index (χ3n) is 7.71. The van der Waals surface area contributed by atoms with Gasteiger partial charge in [0.15, 0.2) is 5.54 Å². The molecule has 3 aromatic rings. The van der Waals surface area contributed by atoms with Crippen LogP contribution in [0.5, 0.6) is 0 Å². The topological polar surface area (TPSA) is 70.3 Å². The van der Waals surface area contributed by atoms with Crippen LogP contribution in [0.4, 0.5) is 14.5 Å². The first-order valence-electron chi connectivity index (χ1n) is 13.5. The van der Waals surface area contributed by atoms with Crippen LogP contribution in [0, 0.1) is 18.6 Å². The van der Waals surface area contributed by atoms with Gasteiger partial charge in [-0.3, -0.25) is 4.79 Å². The number of hydrazone groups is 1. The average molecular weight is 569 g/mol. The Balaban J connectivity index is 1.64. The van der Waals surface area contributed by atoms with E-state index in [0.717, 1.165) is 29.2 Å². The smallest absolute Gasteiger partial charge is 0.249 e. The summed E-state index contributed by atoms with van der Waals surface area (Å²) < 4.78 is 41.3. The molecule has 40 heavy (non-hydrogen) atoms. The standard InChI is InChI=1S/C30H35F2N4O3P/c1-5-20-8-11-25(39-20)27-28(22-9-7-19(31)15-23(22)32)34-36(24-10-6-18(2)14-26(24)40)30(27,3)29(37)33-16-21-17-35(4)12-13-38-21/h6-11,14-15,21,27H,5,12-13,16-17,40H2,1-4H3,(H,33,37)/t21-,27?,30?/m1/s1. The van der Waals surface area contributed by atoms with Crippen molar-refractivity contribution in [2.45, 2.75) is 44.8 Å². The molecule has 1 aromatic heterocycles. The minimum absolute atomic E-state index is 0.108. The molecule has 2 aliphatic heterocycles. The Hall–Kier alpha value is -3.13. The summed E-state index contributed by atoms with van der Waals surface area (Å²) in [6, 6.07) is 12.9. The van der Waals surface area contributed by atoms with Crippen molar-refractivity contribution >= 4 is 31.9 Å². The maximum absolute atomic E-state index is 15.3. The van der Waals surface area contributed by atoms with Crippen molar-refractivity contribution in [1.29, 1.82) is 0 Å². The number of morpholine rings is 1. The molecule has 212 valence electrons. The molecule has 2 aromatic carbocycles. The van der Waals surface area contributed by atoms with Gasteiger partial charge in [-0.05, 0) is 62.6 Å². The summed E-state index contributed by atoms with van der Waals surface area (Å²) in [7, 11) is 4.72. The lowest BCUT2D eigenvalue weighted by Gasteiger charge is -2.38. The number of likely N-dealkylation sites (N-methyl/N-ethyl adjacent to an activating group) is 1. The minimum atomic E-state index is -1.36. The van der Waals surface area contributed by atoms with Crippen LogP contribution in [-0.4, -0.2) is 61.5 Å². The number of hydrogen-bond donors (Lipinski definition) is 1. The molecule has 0 radical (unpaired) electrons. The van der Waals surface area contributed by atoms with Crippen molar-refractivity contribution in [1.82, 2.24) is 10.2 Å². The van der Waals surface area contributed by atoms with Crippen LogP contribution in [0.3, 0.4) is 0 Å². The van der Waals surface area contributed by atoms with Gasteiger partial charge in [0.1, 0.15) is 23.2 Å². The second-order valence-electron chi connectivity index (χ2n) is 10.7. The summed E-state index contributed by atoms with van der Waals surface area (Å²) in [5.41, 5.74) is 0.747. The molecule has 5 rings (SSSR count). The second kappa shape index (κ2) is 11.4. The third kappa shape index (κ3) is 5.30. The molecule has 3 unspecified atom stereocenters. The molecule has 0 spiro atoms. The summed E-state index contributed by atoms with van der Waals surface area (Å²) in [6.07, 6.45) is 0.485. The monoisotopic (exact) mass is 568 g/mol. The highest BCUT2D eigenvalue weighted by Gasteiger charge is 2.56. The van der Waals surface area contributed by atoms with Gasteiger partial charge in [0, 0.05) is 37.7 Å². The van der Waals surface area contributed by atoms with Gasteiger partial charge in [-0.15, -0.1) is 9.24 Å². The molecular formula is C30H35F2N4O3P. The Morgan fingerprint density at radius 2 is 2.00 bits per heavy atom. The number of halogens is 2. The van der Waals surface area contributed by atoms with E-state index in [9.17, 15) is 9.18 Å². The molecule has 1 amide bonds. The van der Waals surface area contributed by atoms with Crippen LogP contribution < -0.4 is 15.6 Å². The molecule has 4 atom stereocenters. The Labute approximate surface area is 235 Å². The highest BCUT2D eigenvalue weighted by molar-refractivity contribution is 7.28. The molecule has 1 N–H and O–H groups in total. The molecular weight excluding hydrogens is 533 g/mol. The maximum atomic E-state index is 15.3. The second-order valence-corrected chi connectivity index (χ2v) is 11.3. The zero-order chi connectivity index (χ0) is 28.6. The lowest BCUT2D eigenvalue weighted by atomic mass is 9.78. The highest BCUT2D eigenvalue weighted by Crippen LogP contribution is 2.45. The largest absolute Gasteiger partial charge is 0.465 e. The predicted octanol–water partition coefficient (Wildman–Crippen LogP) is 4.14. The number of carbonyl (C=O) groups is 1. The summed E-state index contributed by atoms with van der Waals surface area (Å²) in [4.78, 5) is 16.5. The Kier molecular flexibility index (Phi) is 8.09. The van der Waals surface area contributed by atoms with Crippen molar-refractivity contribution in [2.24, 2.45) is 5.10 Å². The summed E-state index contributed by atoms with van der Waals surface area (Å²) >= 11 is 0. The molecule has 3 heterocycles. The number of carbonyl (C=O) groups excluding carboxylic acids is 1. The van der Waals surface area contributed by atoms with Crippen LogP contribution >= 0.6 is 9.24 Å². The van der Waals surface area contributed by atoms with Crippen LogP contribution in [0.25, 0.3) is 0 Å². The number of nitrogens with one attached hydrogen (secondary N) is 1. The zero-order valence-electron chi connectivity index (χ0n) is 23.2. The van der Waals surface area contributed by atoms with Gasteiger partial charge in [0.2, 0.25) is 5.91 Å². The number of furan rings is 1. The van der Waals surface area contributed by atoms with Crippen molar-refractivity contribution in [2.75, 3.05) is 38.3 Å². The molecule has 7 nitrogen and oxygen atoms in total. The van der Waals surface area contributed by atoms with E-state index >= 15 is 4.39 Å². The Bertz CT molecular complexity index is 1440. The fourth-order valence-electron chi connectivity index (χ4n) is 5.49. The highest BCUT2D eigenvalue weighted by atomic mass is 31.0. The SMILES string of the molecule is CCc1ccc(C2C(c3ccc(F)cc3F)=NN(c3ccc(C)cc3P)C2(C)C(=O)NC[C@@H]2CN(C)CCO2)o1. The first kappa shape index (κ1) is 28.4. The summed E-state index contributed by atoms with van der Waals surface area (Å²) in [5.74, 6) is -1.35. The number of amides is 1. The van der Waals surface area contributed by atoms with Crippen LogP contribution in [0.1, 0.15) is 42.4 Å². The van der Waals surface area contributed by atoms with Gasteiger partial charge in [0.25, 0.3) is 0 Å². The molecule has 1 saturated heterocycles. The average Bonchev–Trinajstić information content (AvgIpc) is 3.50. The fraction of sp³-hybridized carbons (Fsp3) is 0.400. The van der Waals surface area contributed by atoms with Crippen LogP contribution in [-0.2, 0) is 16.0 Å². The Morgan fingerprint density at radius 1 is 1.20 bits per heavy atom. The van der Waals surface area contributed by atoms with Crippen LogP contribution in [0.15, 0.2) is 58.0 Å². The zero-order valence-corrected chi connectivity index (χ0v) is 24.4. The number of ether oxygens (including phenoxy) is 1. The van der Waals surface area contributed by atoms with E-state index in [0.29, 0.717) is 37.6 Å². The van der Waals surface area contributed by atoms with Gasteiger partial charge < -0.3 is 19.4 Å². The molecule has 0 aliphatic carbocycles. The normalized spacial score (nSPS) is 23.4. The molecule has 0 saturated carbocycles. The number of benzene rings is 2. The van der Waals surface area contributed by atoms with Crippen molar-refractivity contribution in [3.8, 4) is 0 Å². The van der Waals surface area contributed by atoms with Gasteiger partial charge >= 0.3 is 0 Å². The first-order valence-corrected chi connectivity index (χ1v) is 14.1. The van der Waals surface area contributed by atoms with Gasteiger partial charge in [-0.2, -0.15) is 5.10 Å². The first-order chi connectivity index (χ1) is 19.1. The van der Waals surface area contributed by atoms with E-state index in [1.54, 1.807) is 11.9 Å².